The van der Waals surface area contributed by atoms with Crippen LogP contribution in [0.4, 0.5) is 0 Å². The van der Waals surface area contributed by atoms with Crippen LogP contribution in [-0.4, -0.2) is 4.98 Å². The fourth-order valence-corrected chi connectivity index (χ4v) is 3.20. The number of fused-ring (bicyclic) bond motifs is 2. The van der Waals surface area contributed by atoms with Gasteiger partial charge in [0.25, 0.3) is 0 Å². The Morgan fingerprint density at radius 2 is 1.31 bits per heavy atom. The monoisotopic (exact) mass is 386 g/mol. The van der Waals surface area contributed by atoms with Crippen molar-refractivity contribution in [3.8, 4) is 0 Å². The largest absolute Gasteiger partial charge is 0.618 e. The summed E-state index contributed by atoms with van der Waals surface area (Å²) in [6.07, 6.45) is 3.36. The van der Waals surface area contributed by atoms with Gasteiger partial charge in [-0.15, -0.1) is 0 Å². The standard InChI is InChI=1S/C13H15NO.C13H15N/c1-13(2,3)11-6-7-12-10(9-11)5-4-8-14(12)15;1-13(2,3)11-6-7-12-10(9-11)5-4-8-14-12/h4-9H,1-3H3;4-9H,1-3H3. The first-order valence-corrected chi connectivity index (χ1v) is 10.0. The van der Waals surface area contributed by atoms with Gasteiger partial charge in [0.15, 0.2) is 6.20 Å². The highest BCUT2D eigenvalue weighted by atomic mass is 16.5. The minimum atomic E-state index is 0.123. The zero-order valence-electron chi connectivity index (χ0n) is 18.2. The molecule has 0 saturated heterocycles. The van der Waals surface area contributed by atoms with E-state index >= 15 is 0 Å². The summed E-state index contributed by atoms with van der Waals surface area (Å²) in [5, 5.41) is 13.7. The summed E-state index contributed by atoms with van der Waals surface area (Å²) in [4.78, 5) is 4.30. The molecule has 150 valence electrons. The number of nitrogens with zero attached hydrogens (tertiary/aromatic N) is 2. The van der Waals surface area contributed by atoms with Crippen molar-refractivity contribution in [1.29, 1.82) is 0 Å². The molecule has 0 N–H and O–H groups in total. The molecule has 2 aromatic carbocycles. The van der Waals surface area contributed by atoms with Crippen molar-refractivity contribution in [2.45, 2.75) is 52.4 Å². The van der Waals surface area contributed by atoms with Crippen LogP contribution in [0.1, 0.15) is 52.7 Å². The highest BCUT2D eigenvalue weighted by molar-refractivity contribution is 5.79. The molecule has 0 radical (unpaired) electrons. The van der Waals surface area contributed by atoms with Crippen LogP contribution < -0.4 is 4.73 Å². The molecule has 0 atom stereocenters. The van der Waals surface area contributed by atoms with Crippen LogP contribution in [0.3, 0.4) is 0 Å². The van der Waals surface area contributed by atoms with Gasteiger partial charge in [-0.1, -0.05) is 59.7 Å². The van der Waals surface area contributed by atoms with Gasteiger partial charge in [-0.05, 0) is 52.3 Å². The first kappa shape index (κ1) is 20.8. The molecule has 0 aliphatic heterocycles. The third kappa shape index (κ3) is 4.92. The van der Waals surface area contributed by atoms with Gasteiger partial charge in [-0.2, -0.15) is 4.73 Å². The smallest absolute Gasteiger partial charge is 0.223 e. The first-order valence-electron chi connectivity index (χ1n) is 10.0. The zero-order valence-corrected chi connectivity index (χ0v) is 18.2. The van der Waals surface area contributed by atoms with Gasteiger partial charge in [-0.25, -0.2) is 0 Å². The molecule has 3 heteroatoms. The van der Waals surface area contributed by atoms with Gasteiger partial charge in [0.05, 0.1) is 5.52 Å². The van der Waals surface area contributed by atoms with Gasteiger partial charge in [0.2, 0.25) is 5.52 Å². The predicted molar refractivity (Wildman–Crippen MR) is 122 cm³/mol. The van der Waals surface area contributed by atoms with Gasteiger partial charge in [0, 0.05) is 29.1 Å². The number of benzene rings is 2. The first-order chi connectivity index (χ1) is 13.6. The molecule has 29 heavy (non-hydrogen) atoms. The van der Waals surface area contributed by atoms with E-state index < -0.39 is 0 Å². The topological polar surface area (TPSA) is 39.8 Å². The fourth-order valence-electron chi connectivity index (χ4n) is 3.20. The third-order valence-corrected chi connectivity index (χ3v) is 5.10. The summed E-state index contributed by atoms with van der Waals surface area (Å²) in [5.41, 5.74) is 4.74. The van der Waals surface area contributed by atoms with Crippen LogP contribution in [0, 0.1) is 5.21 Å². The highest BCUT2D eigenvalue weighted by Gasteiger charge is 2.15. The molecule has 3 nitrogen and oxygen atoms in total. The van der Waals surface area contributed by atoms with E-state index in [-0.39, 0.29) is 10.8 Å². The molecule has 4 rings (SSSR count). The molecule has 0 bridgehead atoms. The quantitative estimate of drug-likeness (QED) is 0.263. The molecular formula is C26H30N2O. The van der Waals surface area contributed by atoms with Crippen LogP contribution in [0.15, 0.2) is 73.1 Å². The van der Waals surface area contributed by atoms with Crippen molar-refractivity contribution in [2.75, 3.05) is 0 Å². The molecule has 2 aromatic heterocycles. The highest BCUT2D eigenvalue weighted by Crippen LogP contribution is 2.25. The Kier molecular flexibility index (Phi) is 5.61. The van der Waals surface area contributed by atoms with Gasteiger partial charge in [0.1, 0.15) is 0 Å². The minimum Gasteiger partial charge on any atom is -0.618 e. The van der Waals surface area contributed by atoms with E-state index in [4.69, 9.17) is 0 Å². The normalized spacial score (nSPS) is 11.9. The second kappa shape index (κ2) is 7.82. The summed E-state index contributed by atoms with van der Waals surface area (Å²) < 4.78 is 0.905. The molecule has 0 unspecified atom stereocenters. The third-order valence-electron chi connectivity index (χ3n) is 5.10. The summed E-state index contributed by atoms with van der Waals surface area (Å²) in [6.45, 7) is 13.2. The van der Waals surface area contributed by atoms with E-state index in [0.29, 0.717) is 0 Å². The van der Waals surface area contributed by atoms with Gasteiger partial charge < -0.3 is 5.21 Å². The van der Waals surface area contributed by atoms with Crippen molar-refractivity contribution in [3.05, 3.63) is 89.4 Å². The van der Waals surface area contributed by atoms with E-state index in [0.717, 1.165) is 21.2 Å². The number of hydrogen-bond acceptors (Lipinski definition) is 2. The van der Waals surface area contributed by atoms with Crippen LogP contribution in [0.5, 0.6) is 0 Å². The SMILES string of the molecule is CC(C)(C)c1ccc2c(ccc[n+]2[O-])c1.CC(C)(C)c1ccc2ncccc2c1. The second-order valence-electron chi connectivity index (χ2n) is 9.52. The lowest BCUT2D eigenvalue weighted by Crippen LogP contribution is -2.26. The zero-order chi connectivity index (χ0) is 21.2. The average molecular weight is 387 g/mol. The maximum absolute atomic E-state index is 11.5. The Balaban J connectivity index is 0.000000166. The van der Waals surface area contributed by atoms with E-state index in [2.05, 4.69) is 76.9 Å². The van der Waals surface area contributed by atoms with Gasteiger partial charge >= 0.3 is 0 Å². The number of pyridine rings is 2. The van der Waals surface area contributed by atoms with Crippen LogP contribution in [0.25, 0.3) is 21.8 Å². The van der Waals surface area contributed by atoms with Crippen molar-refractivity contribution in [3.63, 3.8) is 0 Å². The summed E-state index contributed by atoms with van der Waals surface area (Å²) in [5.74, 6) is 0. The molecule has 0 amide bonds. The Morgan fingerprint density at radius 3 is 1.97 bits per heavy atom. The lowest BCUT2D eigenvalue weighted by Gasteiger charge is -2.19. The van der Waals surface area contributed by atoms with E-state index in [1.54, 1.807) is 6.07 Å². The summed E-state index contributed by atoms with van der Waals surface area (Å²) >= 11 is 0. The summed E-state index contributed by atoms with van der Waals surface area (Å²) in [6, 6.07) is 20.3. The van der Waals surface area contributed by atoms with Crippen LogP contribution in [0.2, 0.25) is 0 Å². The maximum Gasteiger partial charge on any atom is 0.223 e. The Morgan fingerprint density at radius 1 is 0.724 bits per heavy atom. The molecular weight excluding hydrogens is 356 g/mol. The van der Waals surface area contributed by atoms with E-state index in [9.17, 15) is 5.21 Å². The Bertz CT molecular complexity index is 1130. The van der Waals surface area contributed by atoms with Crippen molar-refractivity contribution < 1.29 is 4.73 Å². The molecule has 0 spiro atoms. The molecule has 0 saturated carbocycles. The fraction of sp³-hybridized carbons (Fsp3) is 0.308. The lowest BCUT2D eigenvalue weighted by atomic mass is 9.86. The van der Waals surface area contributed by atoms with E-state index in [1.165, 1.54) is 22.7 Å². The van der Waals surface area contributed by atoms with Crippen molar-refractivity contribution in [1.82, 2.24) is 4.98 Å². The molecule has 0 fully saturated rings. The van der Waals surface area contributed by atoms with Crippen LogP contribution >= 0.6 is 0 Å². The van der Waals surface area contributed by atoms with Crippen molar-refractivity contribution in [2.24, 2.45) is 0 Å². The van der Waals surface area contributed by atoms with Gasteiger partial charge in [-0.3, -0.25) is 4.98 Å². The maximum atomic E-state index is 11.5. The van der Waals surface area contributed by atoms with Crippen LogP contribution in [-0.2, 0) is 10.8 Å². The van der Waals surface area contributed by atoms with E-state index in [1.807, 2.05) is 30.5 Å². The average Bonchev–Trinajstić information content (AvgIpc) is 2.67. The Hall–Kier alpha value is -2.94. The molecule has 0 aliphatic carbocycles. The summed E-state index contributed by atoms with van der Waals surface area (Å²) in [7, 11) is 0. The molecule has 0 aliphatic rings. The number of rotatable bonds is 0. The lowest BCUT2D eigenvalue weighted by molar-refractivity contribution is -0.577. The minimum absolute atomic E-state index is 0.123. The predicted octanol–water partition coefficient (Wildman–Crippen LogP) is 6.30. The number of aromatic nitrogens is 2. The van der Waals surface area contributed by atoms with Crippen molar-refractivity contribution >= 4 is 21.8 Å². The second-order valence-corrected chi connectivity index (χ2v) is 9.52. The number of hydrogen-bond donors (Lipinski definition) is 0. The Labute approximate surface area is 173 Å². The molecule has 4 aromatic rings. The molecule has 2 heterocycles.